The van der Waals surface area contributed by atoms with Gasteiger partial charge in [0, 0.05) is 12.6 Å². The minimum Gasteiger partial charge on any atom is -0.489 e. The minimum atomic E-state index is -0.604. The molecule has 0 bridgehead atoms. The Labute approximate surface area is 179 Å². The molecule has 0 atom stereocenters. The van der Waals surface area contributed by atoms with Crippen LogP contribution < -0.4 is 10.1 Å². The van der Waals surface area contributed by atoms with Gasteiger partial charge in [0.15, 0.2) is 5.76 Å². The first-order valence-corrected chi connectivity index (χ1v) is 10.3. The number of nitrogens with one attached hydrogen (secondary N) is 1. The van der Waals surface area contributed by atoms with Crippen molar-refractivity contribution < 1.29 is 18.5 Å². The molecule has 6 heteroatoms. The molecule has 4 aromatic rings. The Morgan fingerprint density at radius 1 is 0.968 bits per heavy atom. The lowest BCUT2D eigenvalue weighted by molar-refractivity contribution is -0.123. The second-order valence-corrected chi connectivity index (χ2v) is 7.74. The average molecular weight is 414 g/mol. The van der Waals surface area contributed by atoms with Crippen molar-refractivity contribution in [1.29, 1.82) is 0 Å². The minimum absolute atomic E-state index is 0.0313. The number of aromatic nitrogens is 1. The van der Waals surface area contributed by atoms with Crippen molar-refractivity contribution in [1.82, 2.24) is 10.5 Å². The summed E-state index contributed by atoms with van der Waals surface area (Å²) in [6, 6.07) is 23.2. The van der Waals surface area contributed by atoms with Gasteiger partial charge in [0.25, 0.3) is 0 Å². The third-order valence-corrected chi connectivity index (χ3v) is 5.57. The average Bonchev–Trinajstić information content (AvgIpc) is 3.21. The van der Waals surface area contributed by atoms with Crippen molar-refractivity contribution in [2.75, 3.05) is 0 Å². The Bertz CT molecular complexity index is 1140. The Balaban J connectivity index is 1.17. The predicted octanol–water partition coefficient (Wildman–Crippen LogP) is 4.86. The van der Waals surface area contributed by atoms with Crippen LogP contribution in [0.5, 0.6) is 5.75 Å². The summed E-state index contributed by atoms with van der Waals surface area (Å²) in [6.07, 6.45) is 3.10. The maximum Gasteiger partial charge on any atom is 0.232 e. The molecule has 1 aliphatic carbocycles. The number of carbonyl (C=O) groups excluding carboxylic acids is 1. The maximum absolute atomic E-state index is 12.9. The van der Waals surface area contributed by atoms with Gasteiger partial charge in [-0.1, -0.05) is 47.6 Å². The Kier molecular flexibility index (Phi) is 5.04. The summed E-state index contributed by atoms with van der Waals surface area (Å²) in [6.45, 7) is 0.972. The molecule has 6 nitrogen and oxygen atoms in total. The first-order chi connectivity index (χ1) is 15.2. The van der Waals surface area contributed by atoms with Crippen molar-refractivity contribution in [3.8, 4) is 17.3 Å². The van der Waals surface area contributed by atoms with Crippen LogP contribution in [0.1, 0.15) is 29.7 Å². The van der Waals surface area contributed by atoms with Crippen molar-refractivity contribution >= 4 is 5.91 Å². The molecule has 156 valence electrons. The van der Waals surface area contributed by atoms with Gasteiger partial charge in [-0.2, -0.15) is 0 Å². The van der Waals surface area contributed by atoms with E-state index in [1.54, 1.807) is 24.5 Å². The van der Waals surface area contributed by atoms with Gasteiger partial charge in [0.2, 0.25) is 11.7 Å². The number of furan rings is 1. The molecule has 0 unspecified atom stereocenters. The summed E-state index contributed by atoms with van der Waals surface area (Å²) in [7, 11) is 0. The van der Waals surface area contributed by atoms with Crippen molar-refractivity contribution in [2.24, 2.45) is 0 Å². The first kappa shape index (κ1) is 19.2. The zero-order valence-electron chi connectivity index (χ0n) is 16.9. The molecule has 0 radical (unpaired) electrons. The van der Waals surface area contributed by atoms with E-state index in [4.69, 9.17) is 13.7 Å². The number of ether oxygens (including phenoxy) is 1. The molecule has 2 aromatic carbocycles. The van der Waals surface area contributed by atoms with Crippen LogP contribution in [-0.4, -0.2) is 11.1 Å². The van der Waals surface area contributed by atoms with E-state index in [0.29, 0.717) is 30.4 Å². The summed E-state index contributed by atoms with van der Waals surface area (Å²) in [5.74, 6) is 1.90. The Hall–Kier alpha value is -3.80. The third-order valence-electron chi connectivity index (χ3n) is 5.57. The zero-order chi connectivity index (χ0) is 21.1. The number of amides is 1. The molecule has 0 saturated heterocycles. The molecule has 1 saturated carbocycles. The van der Waals surface area contributed by atoms with Crippen LogP contribution in [0, 0.1) is 0 Å². The number of hydrogen-bond acceptors (Lipinski definition) is 5. The van der Waals surface area contributed by atoms with E-state index in [-0.39, 0.29) is 5.91 Å². The lowest BCUT2D eigenvalue weighted by atomic mass is 10.0. The summed E-state index contributed by atoms with van der Waals surface area (Å²) in [5.41, 5.74) is 2.18. The van der Waals surface area contributed by atoms with E-state index >= 15 is 0 Å². The molecule has 5 rings (SSSR count). The van der Waals surface area contributed by atoms with Gasteiger partial charge in [-0.25, -0.2) is 0 Å². The molecule has 0 aliphatic heterocycles. The topological polar surface area (TPSA) is 77.5 Å². The fraction of sp³-hybridized carbons (Fsp3) is 0.200. The van der Waals surface area contributed by atoms with Crippen LogP contribution in [0.25, 0.3) is 11.5 Å². The number of benzene rings is 2. The van der Waals surface area contributed by atoms with Crippen molar-refractivity contribution in [3.05, 3.63) is 95.9 Å². The lowest BCUT2D eigenvalue weighted by Crippen LogP contribution is -2.34. The quantitative estimate of drug-likeness (QED) is 0.445. The zero-order valence-corrected chi connectivity index (χ0v) is 16.9. The fourth-order valence-electron chi connectivity index (χ4n) is 3.56. The van der Waals surface area contributed by atoms with Gasteiger partial charge in [0.1, 0.15) is 12.4 Å². The predicted molar refractivity (Wildman–Crippen MR) is 114 cm³/mol. The van der Waals surface area contributed by atoms with Gasteiger partial charge in [0.05, 0.1) is 17.4 Å². The highest BCUT2D eigenvalue weighted by Crippen LogP contribution is 2.48. The summed E-state index contributed by atoms with van der Waals surface area (Å²) < 4.78 is 16.5. The van der Waals surface area contributed by atoms with Gasteiger partial charge < -0.3 is 19.0 Å². The van der Waals surface area contributed by atoms with E-state index in [1.807, 2.05) is 54.6 Å². The van der Waals surface area contributed by atoms with Crippen molar-refractivity contribution in [3.63, 3.8) is 0 Å². The van der Waals surface area contributed by atoms with Gasteiger partial charge in [-0.3, -0.25) is 4.79 Å². The Morgan fingerprint density at radius 3 is 2.48 bits per heavy atom. The van der Waals surface area contributed by atoms with E-state index in [0.717, 1.165) is 29.7 Å². The largest absolute Gasteiger partial charge is 0.489 e. The second-order valence-electron chi connectivity index (χ2n) is 7.74. The molecule has 1 fully saturated rings. The van der Waals surface area contributed by atoms with Crippen LogP contribution in [0.2, 0.25) is 0 Å². The van der Waals surface area contributed by atoms with E-state index in [2.05, 4.69) is 10.5 Å². The number of hydrogen-bond donors (Lipinski definition) is 1. The van der Waals surface area contributed by atoms with Crippen LogP contribution in [0.15, 0.2) is 88.0 Å². The number of rotatable bonds is 8. The molecule has 1 N–H and O–H groups in total. The van der Waals surface area contributed by atoms with Crippen molar-refractivity contribution in [2.45, 2.75) is 31.4 Å². The SMILES string of the molecule is O=C(NCc1ccc(OCc2ccccc2)cc1)C1(c2cc(-c3ccco3)on2)CC1. The monoisotopic (exact) mass is 414 g/mol. The third kappa shape index (κ3) is 4.10. The highest BCUT2D eigenvalue weighted by atomic mass is 16.5. The molecule has 1 amide bonds. The Morgan fingerprint density at radius 2 is 1.77 bits per heavy atom. The number of carbonyl (C=O) groups is 1. The first-order valence-electron chi connectivity index (χ1n) is 10.3. The smallest absolute Gasteiger partial charge is 0.232 e. The molecule has 1 aliphatic rings. The van der Waals surface area contributed by atoms with Crippen LogP contribution >= 0.6 is 0 Å². The van der Waals surface area contributed by atoms with Gasteiger partial charge >= 0.3 is 0 Å². The molecule has 2 aromatic heterocycles. The fourth-order valence-corrected chi connectivity index (χ4v) is 3.56. The lowest BCUT2D eigenvalue weighted by Gasteiger charge is -2.13. The number of nitrogens with zero attached hydrogens (tertiary/aromatic N) is 1. The van der Waals surface area contributed by atoms with Gasteiger partial charge in [-0.15, -0.1) is 0 Å². The van der Waals surface area contributed by atoms with Gasteiger partial charge in [-0.05, 0) is 48.2 Å². The van der Waals surface area contributed by atoms with Crippen LogP contribution in [-0.2, 0) is 23.4 Å². The summed E-state index contributed by atoms with van der Waals surface area (Å²) in [5, 5.41) is 7.16. The standard InChI is InChI=1S/C25H22N2O4/c28-24(25(12-13-25)23-15-22(31-27-23)21-7-4-14-29-21)26-16-18-8-10-20(11-9-18)30-17-19-5-2-1-3-6-19/h1-11,14-15H,12-13,16-17H2,(H,26,28). The second kappa shape index (κ2) is 8.14. The molecule has 31 heavy (non-hydrogen) atoms. The molecule has 0 spiro atoms. The van der Waals surface area contributed by atoms with Crippen LogP contribution in [0.3, 0.4) is 0 Å². The maximum atomic E-state index is 12.9. The van der Waals surface area contributed by atoms with E-state index < -0.39 is 5.41 Å². The summed E-state index contributed by atoms with van der Waals surface area (Å²) in [4.78, 5) is 12.9. The van der Waals surface area contributed by atoms with E-state index in [1.165, 1.54) is 0 Å². The van der Waals surface area contributed by atoms with E-state index in [9.17, 15) is 4.79 Å². The highest BCUT2D eigenvalue weighted by molar-refractivity contribution is 5.90. The highest BCUT2D eigenvalue weighted by Gasteiger charge is 2.53. The molecular weight excluding hydrogens is 392 g/mol. The normalized spacial score (nSPS) is 14.2. The molecule has 2 heterocycles. The molecular formula is C25H22N2O4. The summed E-state index contributed by atoms with van der Waals surface area (Å²) >= 11 is 0. The van der Waals surface area contributed by atoms with Crippen LogP contribution in [0.4, 0.5) is 0 Å².